The highest BCUT2D eigenvalue weighted by molar-refractivity contribution is 7.89. The van der Waals surface area contributed by atoms with Gasteiger partial charge in [-0.2, -0.15) is 4.31 Å². The Bertz CT molecular complexity index is 749. The van der Waals surface area contributed by atoms with Crippen molar-refractivity contribution in [3.05, 3.63) is 65.2 Å². The quantitative estimate of drug-likeness (QED) is 0.744. The van der Waals surface area contributed by atoms with Gasteiger partial charge in [0.2, 0.25) is 10.0 Å². The second-order valence-corrected chi connectivity index (χ2v) is 7.94. The van der Waals surface area contributed by atoms with E-state index >= 15 is 0 Å². The molecule has 0 spiro atoms. The predicted octanol–water partition coefficient (Wildman–Crippen LogP) is 3.57. The van der Waals surface area contributed by atoms with E-state index in [0.717, 1.165) is 18.5 Å². The Morgan fingerprint density at radius 3 is 1.64 bits per heavy atom. The Morgan fingerprint density at radius 1 is 0.760 bits per heavy atom. The van der Waals surface area contributed by atoms with E-state index < -0.39 is 10.0 Å². The standard InChI is InChI=1S/C20H28N2O2S/c1-4-17-7-9-18(10-8-17)15-21-16-19-11-13-20(14-12-19)25(23,24)22(5-2)6-3/h7-14,21H,4-6,15-16H2,1-3H3. The van der Waals surface area contributed by atoms with E-state index in [1.54, 1.807) is 12.1 Å². The molecule has 0 aliphatic heterocycles. The molecule has 25 heavy (non-hydrogen) atoms. The van der Waals surface area contributed by atoms with Gasteiger partial charge in [0.1, 0.15) is 0 Å². The SMILES string of the molecule is CCc1ccc(CNCc2ccc(S(=O)(=O)N(CC)CC)cc2)cc1. The summed E-state index contributed by atoms with van der Waals surface area (Å²) in [7, 11) is -3.38. The van der Waals surface area contributed by atoms with Gasteiger partial charge >= 0.3 is 0 Å². The summed E-state index contributed by atoms with van der Waals surface area (Å²) in [6.07, 6.45) is 1.05. The van der Waals surface area contributed by atoms with Crippen molar-refractivity contribution in [2.75, 3.05) is 13.1 Å². The highest BCUT2D eigenvalue weighted by atomic mass is 32.2. The van der Waals surface area contributed by atoms with E-state index in [-0.39, 0.29) is 0 Å². The summed E-state index contributed by atoms with van der Waals surface area (Å²) < 4.78 is 26.4. The average molecular weight is 361 g/mol. The summed E-state index contributed by atoms with van der Waals surface area (Å²) in [5, 5.41) is 3.40. The van der Waals surface area contributed by atoms with Crippen LogP contribution < -0.4 is 5.32 Å². The molecule has 0 atom stereocenters. The minimum absolute atomic E-state index is 0.357. The van der Waals surface area contributed by atoms with E-state index in [0.29, 0.717) is 24.5 Å². The van der Waals surface area contributed by atoms with Crippen molar-refractivity contribution in [2.24, 2.45) is 0 Å². The van der Waals surface area contributed by atoms with Crippen LogP contribution in [-0.2, 0) is 29.5 Å². The molecule has 136 valence electrons. The fourth-order valence-corrected chi connectivity index (χ4v) is 4.19. The van der Waals surface area contributed by atoms with Gasteiger partial charge in [0.15, 0.2) is 0 Å². The van der Waals surface area contributed by atoms with Crippen LogP contribution in [0.4, 0.5) is 0 Å². The summed E-state index contributed by atoms with van der Waals surface area (Å²) in [5.74, 6) is 0. The second-order valence-electron chi connectivity index (χ2n) is 6.01. The lowest BCUT2D eigenvalue weighted by atomic mass is 10.1. The van der Waals surface area contributed by atoms with Crippen LogP contribution in [0.2, 0.25) is 0 Å². The van der Waals surface area contributed by atoms with Gasteiger partial charge in [-0.3, -0.25) is 0 Å². The van der Waals surface area contributed by atoms with Crippen LogP contribution in [0, 0.1) is 0 Å². The topological polar surface area (TPSA) is 49.4 Å². The number of benzene rings is 2. The molecule has 0 radical (unpaired) electrons. The molecule has 0 unspecified atom stereocenters. The van der Waals surface area contributed by atoms with Crippen LogP contribution in [-0.4, -0.2) is 25.8 Å². The minimum atomic E-state index is -3.38. The molecule has 4 nitrogen and oxygen atoms in total. The molecular weight excluding hydrogens is 332 g/mol. The minimum Gasteiger partial charge on any atom is -0.309 e. The van der Waals surface area contributed by atoms with Crippen molar-refractivity contribution in [1.82, 2.24) is 9.62 Å². The second kappa shape index (κ2) is 9.13. The van der Waals surface area contributed by atoms with Crippen LogP contribution >= 0.6 is 0 Å². The Balaban J connectivity index is 1.93. The average Bonchev–Trinajstić information content (AvgIpc) is 2.63. The number of aryl methyl sites for hydroxylation is 1. The third-order valence-electron chi connectivity index (χ3n) is 4.36. The van der Waals surface area contributed by atoms with Crippen LogP contribution in [0.3, 0.4) is 0 Å². The van der Waals surface area contributed by atoms with Gasteiger partial charge in [-0.15, -0.1) is 0 Å². The number of nitrogens with zero attached hydrogens (tertiary/aromatic N) is 1. The molecule has 0 aliphatic rings. The van der Waals surface area contributed by atoms with E-state index in [1.807, 2.05) is 26.0 Å². The summed E-state index contributed by atoms with van der Waals surface area (Å²) >= 11 is 0. The molecule has 5 heteroatoms. The monoisotopic (exact) mass is 360 g/mol. The normalized spacial score (nSPS) is 11.8. The molecule has 0 saturated carbocycles. The molecule has 0 fully saturated rings. The van der Waals surface area contributed by atoms with Crippen molar-refractivity contribution < 1.29 is 8.42 Å². The fraction of sp³-hybridized carbons (Fsp3) is 0.400. The van der Waals surface area contributed by atoms with Gasteiger partial charge in [0.25, 0.3) is 0 Å². The molecule has 0 heterocycles. The van der Waals surface area contributed by atoms with Gasteiger partial charge in [-0.25, -0.2) is 8.42 Å². The Kier molecular flexibility index (Phi) is 7.17. The zero-order chi connectivity index (χ0) is 18.3. The van der Waals surface area contributed by atoms with Crippen molar-refractivity contribution >= 4 is 10.0 Å². The van der Waals surface area contributed by atoms with Crippen LogP contribution in [0.1, 0.15) is 37.5 Å². The maximum Gasteiger partial charge on any atom is 0.243 e. The van der Waals surface area contributed by atoms with E-state index in [9.17, 15) is 8.42 Å². The number of rotatable bonds is 9. The van der Waals surface area contributed by atoms with Gasteiger partial charge in [-0.1, -0.05) is 57.2 Å². The molecule has 2 aromatic carbocycles. The summed E-state index contributed by atoms with van der Waals surface area (Å²) in [6, 6.07) is 15.7. The first-order valence-corrected chi connectivity index (χ1v) is 10.3. The lowest BCUT2D eigenvalue weighted by Gasteiger charge is -2.18. The third kappa shape index (κ3) is 5.14. The highest BCUT2D eigenvalue weighted by Crippen LogP contribution is 2.16. The third-order valence-corrected chi connectivity index (χ3v) is 6.42. The predicted molar refractivity (Wildman–Crippen MR) is 103 cm³/mol. The number of hydrogen-bond acceptors (Lipinski definition) is 3. The lowest BCUT2D eigenvalue weighted by molar-refractivity contribution is 0.445. The molecule has 2 aromatic rings. The Hall–Kier alpha value is -1.69. The van der Waals surface area contributed by atoms with E-state index in [2.05, 4.69) is 36.5 Å². The molecule has 1 N–H and O–H groups in total. The van der Waals surface area contributed by atoms with Crippen molar-refractivity contribution in [3.8, 4) is 0 Å². The Morgan fingerprint density at radius 2 is 1.20 bits per heavy atom. The highest BCUT2D eigenvalue weighted by Gasteiger charge is 2.20. The fourth-order valence-electron chi connectivity index (χ4n) is 2.74. The van der Waals surface area contributed by atoms with Crippen molar-refractivity contribution in [3.63, 3.8) is 0 Å². The van der Waals surface area contributed by atoms with Crippen molar-refractivity contribution in [1.29, 1.82) is 0 Å². The van der Waals surface area contributed by atoms with Crippen LogP contribution in [0.25, 0.3) is 0 Å². The zero-order valence-electron chi connectivity index (χ0n) is 15.3. The first-order chi connectivity index (χ1) is 12.0. The first-order valence-electron chi connectivity index (χ1n) is 8.88. The maximum absolute atomic E-state index is 12.5. The van der Waals surface area contributed by atoms with Gasteiger partial charge in [0.05, 0.1) is 4.90 Å². The molecule has 0 saturated heterocycles. The van der Waals surface area contributed by atoms with Crippen LogP contribution in [0.15, 0.2) is 53.4 Å². The first kappa shape index (κ1) is 19.6. The molecule has 0 aromatic heterocycles. The number of sulfonamides is 1. The van der Waals surface area contributed by atoms with E-state index in [4.69, 9.17) is 0 Å². The van der Waals surface area contributed by atoms with E-state index in [1.165, 1.54) is 15.4 Å². The summed E-state index contributed by atoms with van der Waals surface area (Å²) in [4.78, 5) is 0.357. The molecule has 0 bridgehead atoms. The van der Waals surface area contributed by atoms with Gasteiger partial charge < -0.3 is 5.32 Å². The number of nitrogens with one attached hydrogen (secondary N) is 1. The molecular formula is C20H28N2O2S. The largest absolute Gasteiger partial charge is 0.309 e. The van der Waals surface area contributed by atoms with Crippen molar-refractivity contribution in [2.45, 2.75) is 45.2 Å². The summed E-state index contributed by atoms with van der Waals surface area (Å²) in [5.41, 5.74) is 3.66. The lowest BCUT2D eigenvalue weighted by Crippen LogP contribution is -2.30. The van der Waals surface area contributed by atoms with Gasteiger partial charge in [0, 0.05) is 26.2 Å². The smallest absolute Gasteiger partial charge is 0.243 e. The molecule has 0 aliphatic carbocycles. The number of hydrogen-bond donors (Lipinski definition) is 1. The molecule has 0 amide bonds. The zero-order valence-corrected chi connectivity index (χ0v) is 16.1. The molecule has 2 rings (SSSR count). The van der Waals surface area contributed by atoms with Crippen LogP contribution in [0.5, 0.6) is 0 Å². The maximum atomic E-state index is 12.5. The summed E-state index contributed by atoms with van der Waals surface area (Å²) in [6.45, 7) is 8.33. The Labute approximate surface area is 151 Å². The van der Waals surface area contributed by atoms with Gasteiger partial charge in [-0.05, 0) is 35.2 Å².